The van der Waals surface area contributed by atoms with E-state index in [1.807, 2.05) is 18.2 Å². The van der Waals surface area contributed by atoms with E-state index in [4.69, 9.17) is 11.6 Å². The molecule has 2 rings (SSSR count). The first kappa shape index (κ1) is 11.0. The molecule has 0 bridgehead atoms. The van der Waals surface area contributed by atoms with Crippen molar-refractivity contribution in [1.29, 1.82) is 0 Å². The molecule has 0 atom stereocenters. The van der Waals surface area contributed by atoms with E-state index in [9.17, 15) is 0 Å². The Morgan fingerprint density at radius 3 is 2.87 bits per heavy atom. The van der Waals surface area contributed by atoms with Crippen LogP contribution in [0, 0.1) is 0 Å². The van der Waals surface area contributed by atoms with Crippen molar-refractivity contribution in [3.05, 3.63) is 50.1 Å². The quantitative estimate of drug-likeness (QED) is 0.860. The predicted octanol–water partition coefficient (Wildman–Crippen LogP) is 4.78. The fourth-order valence-electron chi connectivity index (χ4n) is 1.20. The highest BCUT2D eigenvalue weighted by atomic mass is 79.9. The second kappa shape index (κ2) is 5.01. The summed E-state index contributed by atoms with van der Waals surface area (Å²) in [5, 5.41) is 8.28. The van der Waals surface area contributed by atoms with Crippen molar-refractivity contribution in [2.75, 3.05) is 5.32 Å². The van der Waals surface area contributed by atoms with E-state index in [1.54, 1.807) is 11.3 Å². The largest absolute Gasteiger partial charge is 0.381 e. The van der Waals surface area contributed by atoms with Crippen LogP contribution < -0.4 is 5.32 Å². The number of benzene rings is 1. The van der Waals surface area contributed by atoms with E-state index < -0.39 is 0 Å². The third-order valence-electron chi connectivity index (χ3n) is 2.00. The van der Waals surface area contributed by atoms with Crippen LogP contribution in [0.2, 0.25) is 5.02 Å². The summed E-state index contributed by atoms with van der Waals surface area (Å²) in [4.78, 5) is 0. The lowest BCUT2D eigenvalue weighted by molar-refractivity contribution is 1.16. The zero-order valence-corrected chi connectivity index (χ0v) is 11.0. The topological polar surface area (TPSA) is 12.0 Å². The smallest absolute Gasteiger partial charge is 0.0549 e. The Balaban J connectivity index is 2.02. The van der Waals surface area contributed by atoms with Gasteiger partial charge in [0.15, 0.2) is 0 Å². The summed E-state index contributed by atoms with van der Waals surface area (Å²) in [6.45, 7) is 0.845. The van der Waals surface area contributed by atoms with E-state index in [0.29, 0.717) is 0 Å². The van der Waals surface area contributed by atoms with Gasteiger partial charge in [0.25, 0.3) is 0 Å². The van der Waals surface area contributed by atoms with Crippen LogP contribution in [0.15, 0.2) is 39.5 Å². The van der Waals surface area contributed by atoms with Gasteiger partial charge in [0.1, 0.15) is 0 Å². The Morgan fingerprint density at radius 2 is 2.20 bits per heavy atom. The summed E-state index contributed by atoms with van der Waals surface area (Å²) in [6, 6.07) is 7.94. The van der Waals surface area contributed by atoms with E-state index in [-0.39, 0.29) is 0 Å². The summed E-state index contributed by atoms with van der Waals surface area (Å²) in [6.07, 6.45) is 0. The predicted molar refractivity (Wildman–Crippen MR) is 70.8 cm³/mol. The molecule has 0 saturated carbocycles. The molecule has 15 heavy (non-hydrogen) atoms. The van der Waals surface area contributed by atoms with Gasteiger partial charge in [-0.15, -0.1) is 0 Å². The zero-order chi connectivity index (χ0) is 10.7. The minimum atomic E-state index is 0.732. The molecule has 2 aromatic rings. The average molecular weight is 303 g/mol. The fourth-order valence-corrected chi connectivity index (χ4v) is 2.37. The number of hydrogen-bond acceptors (Lipinski definition) is 2. The first-order chi connectivity index (χ1) is 7.25. The van der Waals surface area contributed by atoms with Crippen molar-refractivity contribution in [1.82, 2.24) is 0 Å². The lowest BCUT2D eigenvalue weighted by Gasteiger charge is -2.06. The normalized spacial score (nSPS) is 10.3. The summed E-state index contributed by atoms with van der Waals surface area (Å²) in [7, 11) is 0. The fraction of sp³-hybridized carbons (Fsp3) is 0.0909. The number of rotatable bonds is 3. The Hall–Kier alpha value is -0.510. The number of thiophene rings is 1. The monoisotopic (exact) mass is 301 g/mol. The van der Waals surface area contributed by atoms with Crippen LogP contribution in [0.4, 0.5) is 5.69 Å². The third kappa shape index (κ3) is 2.97. The number of nitrogens with one attached hydrogen (secondary N) is 1. The molecule has 4 heteroatoms. The molecule has 0 spiro atoms. The minimum Gasteiger partial charge on any atom is -0.381 e. The Bertz CT molecular complexity index is 442. The first-order valence-electron chi connectivity index (χ1n) is 4.46. The molecule has 78 valence electrons. The van der Waals surface area contributed by atoms with Crippen LogP contribution in [0.25, 0.3) is 0 Å². The molecule has 1 nitrogen and oxygen atoms in total. The van der Waals surface area contributed by atoms with Crippen molar-refractivity contribution in [3.63, 3.8) is 0 Å². The van der Waals surface area contributed by atoms with Crippen molar-refractivity contribution in [2.45, 2.75) is 6.54 Å². The maximum absolute atomic E-state index is 5.91. The summed E-state index contributed by atoms with van der Waals surface area (Å²) >= 11 is 11.0. The maximum atomic E-state index is 5.91. The number of halogens is 2. The Labute approximate surface area is 106 Å². The van der Waals surface area contributed by atoms with Gasteiger partial charge < -0.3 is 5.32 Å². The molecule has 0 amide bonds. The molecule has 0 aliphatic carbocycles. The molecule has 0 fully saturated rings. The van der Waals surface area contributed by atoms with Gasteiger partial charge in [-0.05, 0) is 56.5 Å². The molecule has 1 heterocycles. The van der Waals surface area contributed by atoms with Crippen molar-refractivity contribution < 1.29 is 0 Å². The third-order valence-corrected chi connectivity index (χ3v) is 3.94. The SMILES string of the molecule is Clc1ccc(NCc2ccsc2)cc1Br. The lowest BCUT2D eigenvalue weighted by Crippen LogP contribution is -1.97. The molecule has 0 radical (unpaired) electrons. The van der Waals surface area contributed by atoms with Crippen LogP contribution in [0.5, 0.6) is 0 Å². The van der Waals surface area contributed by atoms with Crippen LogP contribution in [-0.2, 0) is 6.54 Å². The highest BCUT2D eigenvalue weighted by Gasteiger charge is 1.98. The van der Waals surface area contributed by atoms with Crippen molar-refractivity contribution in [3.8, 4) is 0 Å². The van der Waals surface area contributed by atoms with Gasteiger partial charge in [-0.25, -0.2) is 0 Å². The molecular weight excluding hydrogens is 294 g/mol. The molecule has 0 aliphatic heterocycles. The molecular formula is C11H9BrClNS. The van der Waals surface area contributed by atoms with Crippen LogP contribution in [-0.4, -0.2) is 0 Å². The molecule has 1 N–H and O–H groups in total. The molecule has 0 saturated heterocycles. The van der Waals surface area contributed by atoms with Crippen LogP contribution in [0.1, 0.15) is 5.56 Å². The highest BCUT2D eigenvalue weighted by Crippen LogP contribution is 2.25. The van der Waals surface area contributed by atoms with E-state index >= 15 is 0 Å². The lowest BCUT2D eigenvalue weighted by atomic mass is 10.3. The second-order valence-electron chi connectivity index (χ2n) is 3.11. The van der Waals surface area contributed by atoms with Gasteiger partial charge in [0.2, 0.25) is 0 Å². The first-order valence-corrected chi connectivity index (χ1v) is 6.57. The van der Waals surface area contributed by atoms with Gasteiger partial charge in [-0.2, -0.15) is 11.3 Å². The average Bonchev–Trinajstić information content (AvgIpc) is 2.73. The van der Waals surface area contributed by atoms with Gasteiger partial charge in [0, 0.05) is 16.7 Å². The van der Waals surface area contributed by atoms with Crippen molar-refractivity contribution >= 4 is 44.6 Å². The Morgan fingerprint density at radius 1 is 1.33 bits per heavy atom. The van der Waals surface area contributed by atoms with Gasteiger partial charge in [0.05, 0.1) is 5.02 Å². The zero-order valence-electron chi connectivity index (χ0n) is 7.84. The molecule has 0 unspecified atom stereocenters. The van der Waals surface area contributed by atoms with E-state index in [1.165, 1.54) is 5.56 Å². The minimum absolute atomic E-state index is 0.732. The summed E-state index contributed by atoms with van der Waals surface area (Å²) < 4.78 is 0.916. The van der Waals surface area contributed by atoms with E-state index in [2.05, 4.69) is 38.1 Å². The second-order valence-corrected chi connectivity index (χ2v) is 5.16. The summed E-state index contributed by atoms with van der Waals surface area (Å²) in [5.41, 5.74) is 2.36. The number of anilines is 1. The molecule has 1 aromatic heterocycles. The van der Waals surface area contributed by atoms with Crippen LogP contribution >= 0.6 is 38.9 Å². The van der Waals surface area contributed by atoms with Gasteiger partial charge in [-0.1, -0.05) is 11.6 Å². The summed E-state index contributed by atoms with van der Waals surface area (Å²) in [5.74, 6) is 0. The molecule has 1 aromatic carbocycles. The standard InChI is InChI=1S/C11H9BrClNS/c12-10-5-9(1-2-11(10)13)14-6-8-3-4-15-7-8/h1-5,7,14H,6H2. The van der Waals surface area contributed by atoms with E-state index in [0.717, 1.165) is 21.7 Å². The maximum Gasteiger partial charge on any atom is 0.0549 e. The van der Waals surface area contributed by atoms with Crippen molar-refractivity contribution in [2.24, 2.45) is 0 Å². The molecule has 0 aliphatic rings. The highest BCUT2D eigenvalue weighted by molar-refractivity contribution is 9.10. The number of hydrogen-bond donors (Lipinski definition) is 1. The van der Waals surface area contributed by atoms with Gasteiger partial charge in [-0.3, -0.25) is 0 Å². The van der Waals surface area contributed by atoms with Gasteiger partial charge >= 0.3 is 0 Å². The van der Waals surface area contributed by atoms with Crippen LogP contribution in [0.3, 0.4) is 0 Å². The Kier molecular flexibility index (Phi) is 3.67.